The number of hydrogen-bond acceptors (Lipinski definition) is 7. The Morgan fingerprint density at radius 3 is 1.76 bits per heavy atom. The van der Waals surface area contributed by atoms with Crippen LogP contribution in [0, 0.1) is 6.92 Å². The zero-order valence-corrected chi connectivity index (χ0v) is 31.2. The molecule has 0 bridgehead atoms. The molecule has 9 heteroatoms. The molecule has 5 aromatic rings. The summed E-state index contributed by atoms with van der Waals surface area (Å²) in [5.74, 6) is 0. The smallest absolute Gasteiger partial charge is 0.271 e. The van der Waals surface area contributed by atoms with Gasteiger partial charge in [-0.3, -0.25) is 0 Å². The number of allylic oxidation sites excluding steroid dienone is 2. The third-order valence-corrected chi connectivity index (χ3v) is 10.7. The minimum atomic E-state index is -0.472. The number of fused-ring (bicyclic) bond motifs is 3. The maximum atomic E-state index is 5.08. The summed E-state index contributed by atoms with van der Waals surface area (Å²) in [6.07, 6.45) is 6.66. The molecule has 6 nitrogen and oxygen atoms in total. The van der Waals surface area contributed by atoms with Gasteiger partial charge in [-0.15, -0.1) is 0 Å². The Morgan fingerprint density at radius 2 is 1.20 bits per heavy atom. The molecule has 3 aromatic carbocycles. The Hall–Kier alpha value is -3.05. The number of benzene rings is 3. The maximum absolute atomic E-state index is 5.08. The Bertz CT molecular complexity index is 1750. The Balaban J connectivity index is 0.000000422. The monoisotopic (exact) mass is 739 g/mol. The molecule has 6 rings (SSSR count). The number of para-hydroxylation sites is 3. The minimum Gasteiger partial charge on any atom is -0.335 e. The van der Waals surface area contributed by atoms with Crippen molar-refractivity contribution in [1.82, 2.24) is 0 Å². The number of rotatable bonds is 11. The van der Waals surface area contributed by atoms with Crippen LogP contribution in [0.15, 0.2) is 94.9 Å². The predicted octanol–water partition coefficient (Wildman–Crippen LogP) is 11.5. The summed E-state index contributed by atoms with van der Waals surface area (Å²) < 4.78 is 22.7. The lowest BCUT2D eigenvalue weighted by Crippen LogP contribution is -2.33. The van der Waals surface area contributed by atoms with Crippen LogP contribution in [0.4, 0.5) is 5.69 Å². The van der Waals surface area contributed by atoms with Gasteiger partial charge in [0.15, 0.2) is 0 Å². The molecule has 0 unspecified atom stereocenters. The van der Waals surface area contributed by atoms with Crippen LogP contribution < -0.4 is 14.0 Å². The SMILES string of the molecule is C.C.C.CCN1/C(=C/C=C/c2sc3ccccc3[n+]2CC)Sc2ccccc21.CCOC(OCC)OCC.CC[n+]1c(C)sc2ccccc21. The van der Waals surface area contributed by atoms with Crippen molar-refractivity contribution >= 4 is 66.6 Å². The first-order valence-corrected chi connectivity index (χ1v) is 19.0. The first-order valence-electron chi connectivity index (χ1n) is 16.6. The first kappa shape index (κ1) is 45.0. The van der Waals surface area contributed by atoms with Gasteiger partial charge in [0.2, 0.25) is 16.0 Å². The number of aryl methyl sites for hydroxylation is 3. The Labute approximate surface area is 315 Å². The van der Waals surface area contributed by atoms with Gasteiger partial charge in [-0.25, -0.2) is 0 Å². The number of ether oxygens (including phenoxy) is 3. The van der Waals surface area contributed by atoms with Crippen LogP contribution in [0.25, 0.3) is 26.5 Å². The molecule has 0 spiro atoms. The fourth-order valence-corrected chi connectivity index (χ4v) is 8.68. The zero-order chi connectivity index (χ0) is 33.6. The average molecular weight is 740 g/mol. The van der Waals surface area contributed by atoms with E-state index in [-0.39, 0.29) is 22.3 Å². The summed E-state index contributed by atoms with van der Waals surface area (Å²) in [6.45, 7) is 18.9. The van der Waals surface area contributed by atoms with E-state index in [1.165, 1.54) is 46.1 Å². The second-order valence-corrected chi connectivity index (χ2v) is 13.7. The third kappa shape index (κ3) is 11.5. The molecule has 274 valence electrons. The largest absolute Gasteiger partial charge is 0.335 e. The predicted molar refractivity (Wildman–Crippen MR) is 221 cm³/mol. The third-order valence-electron chi connectivity index (χ3n) is 7.40. The standard InChI is InChI=1S/C21H21N2S2.C10H12NS.C7H16O3.3CH4/c1-3-22-16-10-5-7-12-18(16)24-20(22)14-9-15-21-23(4-2)17-11-6-8-13-19(17)25-21;1-3-11-8(2)12-10-7-5-4-6-9(10)11;1-4-8-7(9-5-2)10-6-3;;;/h5-15H,3-4H2,1-2H3;4-7H,3H2,1-2H3;7H,4-6H2,1-3H3;3*1H4/q2*+1;;;;. The molecular formula is C41H61N3O3S3+2. The quantitative estimate of drug-likeness (QED) is 0.0996. The van der Waals surface area contributed by atoms with E-state index in [0.29, 0.717) is 19.8 Å². The van der Waals surface area contributed by atoms with E-state index >= 15 is 0 Å². The minimum absolute atomic E-state index is 0. The fourth-order valence-electron chi connectivity index (χ4n) is 5.31. The Morgan fingerprint density at radius 1 is 0.680 bits per heavy atom. The summed E-state index contributed by atoms with van der Waals surface area (Å²) >= 11 is 5.57. The molecule has 0 aliphatic carbocycles. The number of aromatic nitrogens is 2. The van der Waals surface area contributed by atoms with Crippen LogP contribution in [-0.2, 0) is 27.3 Å². The van der Waals surface area contributed by atoms with Crippen molar-refractivity contribution in [3.05, 3.63) is 100.0 Å². The highest BCUT2D eigenvalue weighted by Gasteiger charge is 2.23. The van der Waals surface area contributed by atoms with E-state index in [1.54, 1.807) is 0 Å². The van der Waals surface area contributed by atoms with Gasteiger partial charge >= 0.3 is 0 Å². The lowest BCUT2D eigenvalue weighted by atomic mass is 10.3. The van der Waals surface area contributed by atoms with Crippen molar-refractivity contribution in [3.63, 3.8) is 0 Å². The van der Waals surface area contributed by atoms with Gasteiger partial charge in [0.25, 0.3) is 11.5 Å². The van der Waals surface area contributed by atoms with E-state index in [1.807, 2.05) is 55.2 Å². The lowest BCUT2D eigenvalue weighted by Gasteiger charge is -2.17. The van der Waals surface area contributed by atoms with Crippen LogP contribution >= 0.6 is 34.4 Å². The molecule has 1 aliphatic heterocycles. The van der Waals surface area contributed by atoms with E-state index < -0.39 is 6.48 Å². The highest BCUT2D eigenvalue weighted by atomic mass is 32.2. The molecule has 0 amide bonds. The highest BCUT2D eigenvalue weighted by Crippen LogP contribution is 2.45. The van der Waals surface area contributed by atoms with Crippen molar-refractivity contribution in [2.24, 2.45) is 0 Å². The molecule has 0 saturated carbocycles. The summed E-state index contributed by atoms with van der Waals surface area (Å²) in [4.78, 5) is 3.72. The van der Waals surface area contributed by atoms with Crippen molar-refractivity contribution in [2.45, 2.75) is 95.2 Å². The molecule has 0 N–H and O–H groups in total. The lowest BCUT2D eigenvalue weighted by molar-refractivity contribution is -0.669. The van der Waals surface area contributed by atoms with Gasteiger partial charge in [-0.05, 0) is 71.9 Å². The van der Waals surface area contributed by atoms with E-state index in [2.05, 4.69) is 133 Å². The normalized spacial score (nSPS) is 12.6. The number of nitrogens with zero attached hydrogens (tertiary/aromatic N) is 3. The Kier molecular flexibility index (Phi) is 21.1. The highest BCUT2D eigenvalue weighted by molar-refractivity contribution is 8.03. The maximum Gasteiger partial charge on any atom is 0.271 e. The molecule has 0 radical (unpaired) electrons. The van der Waals surface area contributed by atoms with E-state index in [4.69, 9.17) is 14.2 Å². The number of thiazole rings is 2. The average Bonchev–Trinajstić information content (AvgIpc) is 3.74. The van der Waals surface area contributed by atoms with Crippen molar-refractivity contribution < 1.29 is 23.3 Å². The molecule has 0 fully saturated rings. The fraction of sp³-hybridized carbons (Fsp3) is 0.415. The van der Waals surface area contributed by atoms with Crippen molar-refractivity contribution in [3.8, 4) is 0 Å². The van der Waals surface area contributed by atoms with E-state index in [9.17, 15) is 0 Å². The summed E-state index contributed by atoms with van der Waals surface area (Å²) in [5, 5.41) is 3.98. The van der Waals surface area contributed by atoms with Gasteiger partial charge in [-0.1, -0.05) is 99.2 Å². The van der Waals surface area contributed by atoms with Crippen molar-refractivity contribution in [1.29, 1.82) is 0 Å². The van der Waals surface area contributed by atoms with Gasteiger partial charge in [0.05, 0.1) is 10.7 Å². The second kappa shape index (κ2) is 23.4. The number of thioether (sulfide) groups is 1. The second-order valence-electron chi connectivity index (χ2n) is 10.3. The molecular weight excluding hydrogens is 679 g/mol. The van der Waals surface area contributed by atoms with Crippen molar-refractivity contribution in [2.75, 3.05) is 31.3 Å². The number of anilines is 1. The topological polar surface area (TPSA) is 38.7 Å². The molecule has 2 aromatic heterocycles. The van der Waals surface area contributed by atoms with Crippen LogP contribution in [0.3, 0.4) is 0 Å². The van der Waals surface area contributed by atoms with Crippen LogP contribution in [0.2, 0.25) is 0 Å². The molecule has 1 aliphatic rings. The van der Waals surface area contributed by atoms with Crippen LogP contribution in [0.1, 0.15) is 73.8 Å². The van der Waals surface area contributed by atoms with Gasteiger partial charge in [-0.2, -0.15) is 9.13 Å². The summed E-state index contributed by atoms with van der Waals surface area (Å²) in [7, 11) is 0. The van der Waals surface area contributed by atoms with Crippen LogP contribution in [0.5, 0.6) is 0 Å². The van der Waals surface area contributed by atoms with Gasteiger partial charge in [0.1, 0.15) is 22.5 Å². The van der Waals surface area contributed by atoms with Gasteiger partial charge < -0.3 is 19.1 Å². The summed E-state index contributed by atoms with van der Waals surface area (Å²) in [5.41, 5.74) is 4.00. The van der Waals surface area contributed by atoms with Crippen LogP contribution in [-0.4, -0.2) is 32.8 Å². The molecule has 50 heavy (non-hydrogen) atoms. The summed E-state index contributed by atoms with van der Waals surface area (Å²) in [6, 6.07) is 25.8. The molecule has 0 atom stereocenters. The first-order chi connectivity index (χ1) is 23.0. The molecule has 0 saturated heterocycles. The van der Waals surface area contributed by atoms with Gasteiger partial charge in [0, 0.05) is 56.4 Å². The zero-order valence-electron chi connectivity index (χ0n) is 28.8. The number of hydrogen-bond donors (Lipinski definition) is 0. The van der Waals surface area contributed by atoms with E-state index in [0.717, 1.165) is 19.6 Å². The molecule has 3 heterocycles.